The fourth-order valence-corrected chi connectivity index (χ4v) is 2.89. The number of carbonyl (C=O) groups excluding carboxylic acids is 1. The van der Waals surface area contributed by atoms with E-state index in [0.29, 0.717) is 32.2 Å². The monoisotopic (exact) mass is 352 g/mol. The largest absolute Gasteiger partial charge is 0.450 e. The molecule has 1 aliphatic heterocycles. The first-order valence-electron chi connectivity index (χ1n) is 8.31. The summed E-state index contributed by atoms with van der Waals surface area (Å²) in [6, 6.07) is 7.99. The molecule has 0 spiro atoms. The molecule has 0 saturated carbocycles. The molecule has 1 aromatic rings. The van der Waals surface area contributed by atoms with Crippen molar-refractivity contribution >= 4 is 23.7 Å². The van der Waals surface area contributed by atoms with Crippen LogP contribution in [0.4, 0.5) is 4.79 Å². The van der Waals surface area contributed by atoms with Crippen LogP contribution < -0.4 is 11.1 Å². The minimum atomic E-state index is -0.237. The Morgan fingerprint density at radius 3 is 2.88 bits per heavy atom. The third-order valence-electron chi connectivity index (χ3n) is 3.94. The maximum atomic E-state index is 11.7. The zero-order valence-corrected chi connectivity index (χ0v) is 14.8. The van der Waals surface area contributed by atoms with Crippen LogP contribution in [0.15, 0.2) is 29.3 Å². The van der Waals surface area contributed by atoms with E-state index in [1.165, 1.54) is 0 Å². The van der Waals surface area contributed by atoms with Crippen LogP contribution in [0.1, 0.15) is 25.3 Å². The molecule has 24 heavy (non-hydrogen) atoms. The molecule has 1 aromatic carbocycles. The van der Waals surface area contributed by atoms with Gasteiger partial charge in [0.05, 0.1) is 6.61 Å². The number of ether oxygens (including phenoxy) is 1. The Morgan fingerprint density at radius 2 is 2.21 bits per heavy atom. The van der Waals surface area contributed by atoms with Gasteiger partial charge in [-0.05, 0) is 43.9 Å². The number of rotatable bonds is 5. The van der Waals surface area contributed by atoms with Gasteiger partial charge >= 0.3 is 6.09 Å². The molecule has 2 rings (SSSR count). The molecule has 6 nitrogen and oxygen atoms in total. The van der Waals surface area contributed by atoms with E-state index in [4.69, 9.17) is 22.1 Å². The van der Waals surface area contributed by atoms with Gasteiger partial charge in [-0.1, -0.05) is 23.7 Å². The molecule has 1 saturated heterocycles. The summed E-state index contributed by atoms with van der Waals surface area (Å²) >= 11 is 5.96. The van der Waals surface area contributed by atoms with Crippen molar-refractivity contribution in [2.75, 3.05) is 26.2 Å². The summed E-state index contributed by atoms with van der Waals surface area (Å²) in [4.78, 5) is 17.7. The normalized spacial score (nSPS) is 16.1. The summed E-state index contributed by atoms with van der Waals surface area (Å²) in [5.74, 6) is 0.451. The number of carbonyl (C=O) groups is 1. The van der Waals surface area contributed by atoms with Gasteiger partial charge in [-0.2, -0.15) is 0 Å². The van der Waals surface area contributed by atoms with Crippen molar-refractivity contribution in [3.05, 3.63) is 34.9 Å². The summed E-state index contributed by atoms with van der Waals surface area (Å²) in [7, 11) is 0. The van der Waals surface area contributed by atoms with E-state index in [1.807, 2.05) is 31.2 Å². The van der Waals surface area contributed by atoms with Crippen molar-refractivity contribution in [3.8, 4) is 0 Å². The van der Waals surface area contributed by atoms with E-state index in [9.17, 15) is 4.79 Å². The van der Waals surface area contributed by atoms with Crippen molar-refractivity contribution in [3.63, 3.8) is 0 Å². The number of halogens is 1. The maximum Gasteiger partial charge on any atom is 0.409 e. The van der Waals surface area contributed by atoms with Gasteiger partial charge in [0.25, 0.3) is 0 Å². The number of hydrogen-bond donors (Lipinski definition) is 2. The van der Waals surface area contributed by atoms with Gasteiger partial charge in [0.15, 0.2) is 5.96 Å². The number of amides is 1. The molecule has 132 valence electrons. The summed E-state index contributed by atoms with van der Waals surface area (Å²) in [5.41, 5.74) is 7.09. The van der Waals surface area contributed by atoms with Crippen LogP contribution in [0.25, 0.3) is 0 Å². The summed E-state index contributed by atoms with van der Waals surface area (Å²) < 4.78 is 5.01. The number of piperidine rings is 1. The first kappa shape index (κ1) is 18.4. The molecule has 3 N–H and O–H groups in total. The van der Waals surface area contributed by atoms with Gasteiger partial charge in [0.2, 0.25) is 0 Å². The van der Waals surface area contributed by atoms with Crippen LogP contribution in [0.3, 0.4) is 0 Å². The molecule has 0 aromatic heterocycles. The number of guanidine groups is 1. The van der Waals surface area contributed by atoms with Crippen molar-refractivity contribution < 1.29 is 9.53 Å². The molecule has 1 aliphatic rings. The highest BCUT2D eigenvalue weighted by Gasteiger charge is 2.23. The second kappa shape index (κ2) is 9.37. The quantitative estimate of drug-likeness (QED) is 0.630. The highest BCUT2D eigenvalue weighted by Crippen LogP contribution is 2.12. The van der Waals surface area contributed by atoms with Crippen LogP contribution in [0.2, 0.25) is 5.02 Å². The van der Waals surface area contributed by atoms with Crippen LogP contribution in [0, 0.1) is 0 Å². The standard InChI is InChI=1S/C17H25ClN4O2/c1-2-24-17(23)22-10-7-15(8-11-22)21-16(19)20-9-6-13-4-3-5-14(18)12-13/h3-5,12,15H,2,6-11H2,1H3,(H3,19,20,21). The Labute approximate surface area is 148 Å². The fourth-order valence-electron chi connectivity index (χ4n) is 2.67. The van der Waals surface area contributed by atoms with Crippen molar-refractivity contribution in [2.45, 2.75) is 32.2 Å². The van der Waals surface area contributed by atoms with Crippen molar-refractivity contribution in [1.82, 2.24) is 10.2 Å². The number of nitrogens with one attached hydrogen (secondary N) is 1. The van der Waals surface area contributed by atoms with E-state index < -0.39 is 0 Å². The number of nitrogens with zero attached hydrogens (tertiary/aromatic N) is 2. The second-order valence-corrected chi connectivity index (χ2v) is 6.19. The summed E-state index contributed by atoms with van der Waals surface area (Å²) in [6.45, 7) is 4.18. The molecular weight excluding hydrogens is 328 g/mol. The van der Waals surface area contributed by atoms with Gasteiger partial charge in [-0.25, -0.2) is 4.79 Å². The predicted molar refractivity (Wildman–Crippen MR) is 96.4 cm³/mol. The Morgan fingerprint density at radius 1 is 1.46 bits per heavy atom. The van der Waals surface area contributed by atoms with Crippen LogP contribution in [-0.4, -0.2) is 49.2 Å². The Balaban J connectivity index is 1.71. The minimum Gasteiger partial charge on any atom is -0.450 e. The molecule has 1 fully saturated rings. The lowest BCUT2D eigenvalue weighted by Gasteiger charge is -2.31. The van der Waals surface area contributed by atoms with Gasteiger partial charge in [-0.3, -0.25) is 4.99 Å². The average Bonchev–Trinajstić information content (AvgIpc) is 2.56. The van der Waals surface area contributed by atoms with Gasteiger partial charge in [-0.15, -0.1) is 0 Å². The SMILES string of the molecule is CCOC(=O)N1CCC(NC(N)=NCCc2cccc(Cl)c2)CC1. The maximum absolute atomic E-state index is 11.7. The average molecular weight is 353 g/mol. The number of aliphatic imine (C=N–C) groups is 1. The molecule has 0 atom stereocenters. The number of hydrogen-bond acceptors (Lipinski definition) is 3. The van der Waals surface area contributed by atoms with Crippen molar-refractivity contribution in [2.24, 2.45) is 10.7 Å². The van der Waals surface area contributed by atoms with Crippen LogP contribution >= 0.6 is 11.6 Å². The summed E-state index contributed by atoms with van der Waals surface area (Å²) in [5, 5.41) is 3.96. The third kappa shape index (κ3) is 5.92. The molecule has 0 unspecified atom stereocenters. The van der Waals surface area contributed by atoms with E-state index in [0.717, 1.165) is 29.8 Å². The first-order chi connectivity index (χ1) is 11.6. The Bertz CT molecular complexity index is 571. The third-order valence-corrected chi connectivity index (χ3v) is 4.18. The Kier molecular flexibility index (Phi) is 7.18. The highest BCUT2D eigenvalue weighted by molar-refractivity contribution is 6.30. The second-order valence-electron chi connectivity index (χ2n) is 5.75. The molecule has 0 aliphatic carbocycles. The summed E-state index contributed by atoms with van der Waals surface area (Å²) in [6.07, 6.45) is 2.23. The van der Waals surface area contributed by atoms with Crippen LogP contribution in [-0.2, 0) is 11.2 Å². The minimum absolute atomic E-state index is 0.237. The van der Waals surface area contributed by atoms with E-state index in [1.54, 1.807) is 4.90 Å². The zero-order chi connectivity index (χ0) is 17.4. The first-order valence-corrected chi connectivity index (χ1v) is 8.69. The lowest BCUT2D eigenvalue weighted by atomic mass is 10.1. The number of nitrogens with two attached hydrogens (primary N) is 1. The Hall–Kier alpha value is -1.95. The topological polar surface area (TPSA) is 80.0 Å². The molecule has 7 heteroatoms. The van der Waals surface area contributed by atoms with Crippen LogP contribution in [0.5, 0.6) is 0 Å². The molecule has 0 bridgehead atoms. The number of likely N-dealkylation sites (tertiary alicyclic amines) is 1. The van der Waals surface area contributed by atoms with E-state index in [2.05, 4.69) is 10.3 Å². The lowest BCUT2D eigenvalue weighted by Crippen LogP contribution is -2.48. The van der Waals surface area contributed by atoms with E-state index in [-0.39, 0.29) is 12.1 Å². The lowest BCUT2D eigenvalue weighted by molar-refractivity contribution is 0.0963. The highest BCUT2D eigenvalue weighted by atomic mass is 35.5. The van der Waals surface area contributed by atoms with Gasteiger partial charge in [0.1, 0.15) is 0 Å². The predicted octanol–water partition coefficient (Wildman–Crippen LogP) is 2.41. The van der Waals surface area contributed by atoms with Gasteiger partial charge in [0, 0.05) is 30.7 Å². The number of benzene rings is 1. The molecule has 1 heterocycles. The fraction of sp³-hybridized carbons (Fsp3) is 0.529. The zero-order valence-electron chi connectivity index (χ0n) is 14.0. The van der Waals surface area contributed by atoms with Crippen molar-refractivity contribution in [1.29, 1.82) is 0 Å². The smallest absolute Gasteiger partial charge is 0.409 e. The molecule has 0 radical (unpaired) electrons. The van der Waals surface area contributed by atoms with E-state index >= 15 is 0 Å². The molecule has 1 amide bonds. The van der Waals surface area contributed by atoms with Gasteiger partial charge < -0.3 is 20.7 Å². The molecular formula is C17H25ClN4O2.